The van der Waals surface area contributed by atoms with Crippen LogP contribution in [0.1, 0.15) is 36.0 Å². The number of nitrogens with zero attached hydrogens (tertiary/aromatic N) is 1. The van der Waals surface area contributed by atoms with Crippen molar-refractivity contribution in [1.29, 1.82) is 0 Å². The molecule has 0 unspecified atom stereocenters. The van der Waals surface area contributed by atoms with Crippen LogP contribution in [-0.2, 0) is 21.4 Å². The van der Waals surface area contributed by atoms with E-state index < -0.39 is 5.41 Å². The van der Waals surface area contributed by atoms with Gasteiger partial charge in [-0.05, 0) is 61.9 Å². The molecule has 0 aromatic heterocycles. The highest BCUT2D eigenvalue weighted by Crippen LogP contribution is 2.40. The van der Waals surface area contributed by atoms with Crippen molar-refractivity contribution in [3.8, 4) is 0 Å². The van der Waals surface area contributed by atoms with Crippen molar-refractivity contribution in [3.05, 3.63) is 65.0 Å². The Labute approximate surface area is 153 Å². The highest BCUT2D eigenvalue weighted by molar-refractivity contribution is 6.02. The lowest BCUT2D eigenvalue weighted by Crippen LogP contribution is -2.51. The minimum absolute atomic E-state index is 0.122. The molecule has 136 valence electrons. The molecule has 26 heavy (non-hydrogen) atoms. The second-order valence-electron chi connectivity index (χ2n) is 7.39. The van der Waals surface area contributed by atoms with Gasteiger partial charge in [-0.15, -0.1) is 0 Å². The molecule has 2 heterocycles. The van der Waals surface area contributed by atoms with Crippen molar-refractivity contribution in [2.75, 3.05) is 24.7 Å². The third-order valence-corrected chi connectivity index (χ3v) is 5.75. The molecule has 1 saturated heterocycles. The lowest BCUT2D eigenvalue weighted by molar-refractivity contribution is -0.127. The fourth-order valence-electron chi connectivity index (χ4n) is 4.31. The smallest absolute Gasteiger partial charge is 0.237 e. The zero-order valence-electron chi connectivity index (χ0n) is 15.1. The Morgan fingerprint density at radius 1 is 1.12 bits per heavy atom. The molecule has 0 spiro atoms. The van der Waals surface area contributed by atoms with Crippen LogP contribution in [0.5, 0.6) is 0 Å². The Hall–Kier alpha value is -2.20. The SMILES string of the molecule is Cc1ccc2c(c1)CCCN2C(=O)C1(c2ccc(F)cc2)CCOCC1. The van der Waals surface area contributed by atoms with E-state index in [2.05, 4.69) is 25.1 Å². The average molecular weight is 353 g/mol. The summed E-state index contributed by atoms with van der Waals surface area (Å²) in [6.07, 6.45) is 3.25. The largest absolute Gasteiger partial charge is 0.381 e. The van der Waals surface area contributed by atoms with Gasteiger partial charge in [0.2, 0.25) is 5.91 Å². The van der Waals surface area contributed by atoms with Crippen molar-refractivity contribution in [1.82, 2.24) is 0 Å². The van der Waals surface area contributed by atoms with Gasteiger partial charge in [-0.3, -0.25) is 4.79 Å². The summed E-state index contributed by atoms with van der Waals surface area (Å²) < 4.78 is 19.0. The number of hydrogen-bond donors (Lipinski definition) is 0. The fraction of sp³-hybridized carbons (Fsp3) is 0.409. The standard InChI is InChI=1S/C22H24FNO2/c1-16-4-9-20-17(15-16)3-2-12-24(20)21(25)22(10-13-26-14-11-22)18-5-7-19(23)8-6-18/h4-9,15H,2-3,10-14H2,1H3. The van der Waals surface area contributed by atoms with Gasteiger partial charge in [0, 0.05) is 25.4 Å². The van der Waals surface area contributed by atoms with Gasteiger partial charge in [-0.25, -0.2) is 4.39 Å². The summed E-state index contributed by atoms with van der Waals surface area (Å²) in [6, 6.07) is 12.7. The van der Waals surface area contributed by atoms with E-state index in [9.17, 15) is 9.18 Å². The van der Waals surface area contributed by atoms with E-state index in [-0.39, 0.29) is 11.7 Å². The van der Waals surface area contributed by atoms with Crippen LogP contribution < -0.4 is 4.90 Å². The second-order valence-corrected chi connectivity index (χ2v) is 7.39. The summed E-state index contributed by atoms with van der Waals surface area (Å²) in [5.41, 5.74) is 3.75. The summed E-state index contributed by atoms with van der Waals surface area (Å²) in [5, 5.41) is 0. The van der Waals surface area contributed by atoms with Crippen LogP contribution in [0.2, 0.25) is 0 Å². The Balaban J connectivity index is 1.76. The number of hydrogen-bond acceptors (Lipinski definition) is 2. The molecule has 0 atom stereocenters. The molecule has 0 saturated carbocycles. The molecule has 0 N–H and O–H groups in total. The van der Waals surface area contributed by atoms with Gasteiger partial charge < -0.3 is 9.64 Å². The summed E-state index contributed by atoms with van der Waals surface area (Å²) in [4.78, 5) is 15.7. The predicted octanol–water partition coefficient (Wildman–Crippen LogP) is 4.16. The van der Waals surface area contributed by atoms with E-state index in [0.717, 1.165) is 30.6 Å². The third-order valence-electron chi connectivity index (χ3n) is 5.75. The number of rotatable bonds is 2. The summed E-state index contributed by atoms with van der Waals surface area (Å²) in [6.45, 7) is 3.92. The molecular weight excluding hydrogens is 329 g/mol. The van der Waals surface area contributed by atoms with Crippen molar-refractivity contribution in [3.63, 3.8) is 0 Å². The number of aryl methyl sites for hydroxylation is 2. The maximum atomic E-state index is 13.8. The topological polar surface area (TPSA) is 29.5 Å². The van der Waals surface area contributed by atoms with Crippen molar-refractivity contribution < 1.29 is 13.9 Å². The van der Waals surface area contributed by atoms with E-state index in [1.807, 2.05) is 4.90 Å². The van der Waals surface area contributed by atoms with Gasteiger partial charge in [0.15, 0.2) is 0 Å². The summed E-state index contributed by atoms with van der Waals surface area (Å²) >= 11 is 0. The van der Waals surface area contributed by atoms with Crippen molar-refractivity contribution >= 4 is 11.6 Å². The van der Waals surface area contributed by atoms with Crippen molar-refractivity contribution in [2.24, 2.45) is 0 Å². The second kappa shape index (κ2) is 6.84. The molecule has 0 bridgehead atoms. The maximum absolute atomic E-state index is 13.8. The van der Waals surface area contributed by atoms with Crippen LogP contribution in [0.15, 0.2) is 42.5 Å². The first-order valence-corrected chi connectivity index (χ1v) is 9.35. The molecular formula is C22H24FNO2. The van der Waals surface area contributed by atoms with Crippen LogP contribution in [0.25, 0.3) is 0 Å². The lowest BCUT2D eigenvalue weighted by atomic mass is 9.72. The normalized spacial score (nSPS) is 19.1. The number of carbonyl (C=O) groups is 1. The van der Waals surface area contributed by atoms with Gasteiger partial charge in [-0.1, -0.05) is 29.8 Å². The van der Waals surface area contributed by atoms with Crippen LogP contribution in [0.4, 0.5) is 10.1 Å². The first-order valence-electron chi connectivity index (χ1n) is 9.35. The van der Waals surface area contributed by atoms with Gasteiger partial charge in [-0.2, -0.15) is 0 Å². The van der Waals surface area contributed by atoms with E-state index in [4.69, 9.17) is 4.74 Å². The monoisotopic (exact) mass is 353 g/mol. The number of benzene rings is 2. The van der Waals surface area contributed by atoms with Crippen LogP contribution in [0, 0.1) is 12.7 Å². The molecule has 2 aromatic carbocycles. The highest BCUT2D eigenvalue weighted by Gasteiger charge is 2.45. The quantitative estimate of drug-likeness (QED) is 0.811. The lowest BCUT2D eigenvalue weighted by Gasteiger charge is -2.42. The minimum atomic E-state index is -0.633. The third kappa shape index (κ3) is 2.92. The maximum Gasteiger partial charge on any atom is 0.237 e. The molecule has 2 aliphatic rings. The summed E-state index contributed by atoms with van der Waals surface area (Å²) in [5.74, 6) is -0.153. The Morgan fingerprint density at radius 2 is 1.85 bits per heavy atom. The zero-order chi connectivity index (χ0) is 18.1. The zero-order valence-corrected chi connectivity index (χ0v) is 15.1. The molecule has 4 rings (SSSR count). The first kappa shape index (κ1) is 17.2. The fourth-order valence-corrected chi connectivity index (χ4v) is 4.31. The molecule has 1 amide bonds. The number of halogens is 1. The van der Waals surface area contributed by atoms with Crippen molar-refractivity contribution in [2.45, 2.75) is 38.0 Å². The number of anilines is 1. The van der Waals surface area contributed by atoms with Gasteiger partial charge in [0.05, 0.1) is 5.41 Å². The van der Waals surface area contributed by atoms with Gasteiger partial charge in [0.25, 0.3) is 0 Å². The molecule has 2 aliphatic heterocycles. The molecule has 0 radical (unpaired) electrons. The van der Waals surface area contributed by atoms with Crippen LogP contribution in [0.3, 0.4) is 0 Å². The molecule has 4 heteroatoms. The summed E-state index contributed by atoms with van der Waals surface area (Å²) in [7, 11) is 0. The molecule has 0 aliphatic carbocycles. The predicted molar refractivity (Wildman–Crippen MR) is 100.0 cm³/mol. The van der Waals surface area contributed by atoms with E-state index >= 15 is 0 Å². The van der Waals surface area contributed by atoms with E-state index in [1.165, 1.54) is 23.3 Å². The van der Waals surface area contributed by atoms with Crippen LogP contribution >= 0.6 is 0 Å². The highest BCUT2D eigenvalue weighted by atomic mass is 19.1. The minimum Gasteiger partial charge on any atom is -0.381 e. The number of amides is 1. The average Bonchev–Trinajstić information content (AvgIpc) is 2.67. The van der Waals surface area contributed by atoms with E-state index in [1.54, 1.807) is 12.1 Å². The molecule has 3 nitrogen and oxygen atoms in total. The number of carbonyl (C=O) groups excluding carboxylic acids is 1. The van der Waals surface area contributed by atoms with Crippen LogP contribution in [-0.4, -0.2) is 25.7 Å². The van der Waals surface area contributed by atoms with Gasteiger partial charge >= 0.3 is 0 Å². The van der Waals surface area contributed by atoms with Gasteiger partial charge in [0.1, 0.15) is 5.82 Å². The first-order chi connectivity index (χ1) is 12.6. The molecule has 1 fully saturated rings. The molecule has 2 aromatic rings. The number of ether oxygens (including phenoxy) is 1. The van der Waals surface area contributed by atoms with E-state index in [0.29, 0.717) is 26.1 Å². The Kier molecular flexibility index (Phi) is 4.53. The number of fused-ring (bicyclic) bond motifs is 1. The Morgan fingerprint density at radius 3 is 2.58 bits per heavy atom. The Bertz CT molecular complexity index is 809.